The van der Waals surface area contributed by atoms with Gasteiger partial charge in [-0.1, -0.05) is 12.1 Å². The molecule has 3 aromatic rings. The van der Waals surface area contributed by atoms with Gasteiger partial charge in [-0.05, 0) is 45.2 Å². The minimum Gasteiger partial charge on any atom is -0.398 e. The van der Waals surface area contributed by atoms with Gasteiger partial charge in [0.05, 0.1) is 17.3 Å². The Kier molecular flexibility index (Phi) is 4.22. The molecule has 140 valence electrons. The molecule has 1 aromatic carbocycles. The maximum absolute atomic E-state index is 13.1. The Morgan fingerprint density at radius 2 is 2.04 bits per heavy atom. The van der Waals surface area contributed by atoms with Crippen LogP contribution in [0.4, 0.5) is 5.69 Å². The van der Waals surface area contributed by atoms with Gasteiger partial charge in [-0.2, -0.15) is 0 Å². The monoisotopic (exact) mass is 365 g/mol. The average Bonchev–Trinajstić information content (AvgIpc) is 3.10. The van der Waals surface area contributed by atoms with Gasteiger partial charge in [-0.25, -0.2) is 9.50 Å². The minimum absolute atomic E-state index is 0.0795. The number of anilines is 1. The number of rotatable bonds is 2. The van der Waals surface area contributed by atoms with Crippen LogP contribution in [-0.4, -0.2) is 31.9 Å². The van der Waals surface area contributed by atoms with Gasteiger partial charge < -0.3 is 10.6 Å². The van der Waals surface area contributed by atoms with Crippen LogP contribution in [0.1, 0.15) is 52.6 Å². The molecule has 1 saturated heterocycles. The highest BCUT2D eigenvalue weighted by molar-refractivity contribution is 5.99. The zero-order valence-corrected chi connectivity index (χ0v) is 15.5. The third-order valence-corrected chi connectivity index (χ3v) is 5.42. The number of nitrogen functional groups attached to an aromatic ring is 1. The number of benzene rings is 1. The third-order valence-electron chi connectivity index (χ3n) is 5.42. The van der Waals surface area contributed by atoms with Crippen LogP contribution in [0, 0.1) is 13.8 Å². The standard InChI is InChI=1S/C20H23N5O2/c1-12-13(2)22-18-11-16(23-25(18)19(12)26)17-9-5-6-10-24(17)20(27)14-7-3-4-8-15(14)21/h3-4,7-8,11,17,23H,5-6,9-10,21H2,1-2H3. The van der Waals surface area contributed by atoms with Crippen molar-refractivity contribution in [3.8, 4) is 0 Å². The predicted molar refractivity (Wildman–Crippen MR) is 104 cm³/mol. The van der Waals surface area contributed by atoms with E-state index < -0.39 is 0 Å². The molecule has 1 aliphatic rings. The SMILES string of the molecule is Cc1nc2cc(C3CCCCN3C(=O)c3ccccc3N)[nH]n2c(=O)c1C. The number of piperidine rings is 1. The second-order valence-electron chi connectivity index (χ2n) is 7.13. The van der Waals surface area contributed by atoms with Crippen LogP contribution in [-0.2, 0) is 0 Å². The summed E-state index contributed by atoms with van der Waals surface area (Å²) in [4.78, 5) is 32.0. The summed E-state index contributed by atoms with van der Waals surface area (Å²) in [6.07, 6.45) is 2.80. The van der Waals surface area contributed by atoms with Crippen LogP contribution >= 0.6 is 0 Å². The van der Waals surface area contributed by atoms with Crippen molar-refractivity contribution in [3.63, 3.8) is 0 Å². The first-order chi connectivity index (χ1) is 13.0. The normalized spacial score (nSPS) is 17.4. The Morgan fingerprint density at radius 1 is 1.26 bits per heavy atom. The van der Waals surface area contributed by atoms with E-state index >= 15 is 0 Å². The van der Waals surface area contributed by atoms with Gasteiger partial charge in [0.15, 0.2) is 5.65 Å². The van der Waals surface area contributed by atoms with E-state index in [4.69, 9.17) is 5.73 Å². The van der Waals surface area contributed by atoms with Crippen molar-refractivity contribution < 1.29 is 4.79 Å². The lowest BCUT2D eigenvalue weighted by Gasteiger charge is -2.35. The number of aromatic amines is 1. The van der Waals surface area contributed by atoms with Crippen LogP contribution in [0.5, 0.6) is 0 Å². The highest BCUT2D eigenvalue weighted by Crippen LogP contribution is 2.32. The van der Waals surface area contributed by atoms with E-state index in [0.717, 1.165) is 30.7 Å². The highest BCUT2D eigenvalue weighted by Gasteiger charge is 2.31. The topological polar surface area (TPSA) is 96.5 Å². The summed E-state index contributed by atoms with van der Waals surface area (Å²) < 4.78 is 1.46. The minimum atomic E-state index is -0.132. The number of para-hydroxylation sites is 1. The van der Waals surface area contributed by atoms with E-state index in [-0.39, 0.29) is 17.5 Å². The summed E-state index contributed by atoms with van der Waals surface area (Å²) in [6, 6.07) is 8.88. The van der Waals surface area contributed by atoms with Crippen molar-refractivity contribution in [2.45, 2.75) is 39.2 Å². The number of carbonyl (C=O) groups is 1. The fourth-order valence-electron chi connectivity index (χ4n) is 3.75. The molecule has 0 radical (unpaired) electrons. The van der Waals surface area contributed by atoms with E-state index in [9.17, 15) is 9.59 Å². The average molecular weight is 365 g/mol. The smallest absolute Gasteiger partial charge is 0.275 e. The van der Waals surface area contributed by atoms with E-state index in [2.05, 4.69) is 10.1 Å². The summed E-state index contributed by atoms with van der Waals surface area (Å²) in [5, 5.41) is 3.17. The number of hydrogen-bond donors (Lipinski definition) is 2. The fourth-order valence-corrected chi connectivity index (χ4v) is 3.75. The molecule has 3 heterocycles. The first kappa shape index (κ1) is 17.3. The molecule has 1 atom stereocenters. The number of fused-ring (bicyclic) bond motifs is 1. The zero-order chi connectivity index (χ0) is 19.1. The number of aromatic nitrogens is 3. The lowest BCUT2D eigenvalue weighted by molar-refractivity contribution is 0.0607. The highest BCUT2D eigenvalue weighted by atomic mass is 16.2. The lowest BCUT2D eigenvalue weighted by atomic mass is 9.98. The zero-order valence-electron chi connectivity index (χ0n) is 15.5. The summed E-state index contributed by atoms with van der Waals surface area (Å²) in [5.41, 5.74) is 9.65. The van der Waals surface area contributed by atoms with Gasteiger partial charge in [-0.3, -0.25) is 14.7 Å². The molecule has 0 spiro atoms. The Balaban J connectivity index is 1.76. The maximum Gasteiger partial charge on any atom is 0.275 e. The van der Waals surface area contributed by atoms with Crippen molar-refractivity contribution in [1.82, 2.24) is 19.5 Å². The number of carbonyl (C=O) groups excluding carboxylic acids is 1. The Morgan fingerprint density at radius 3 is 2.81 bits per heavy atom. The molecule has 2 aromatic heterocycles. The summed E-state index contributed by atoms with van der Waals surface area (Å²) in [5.74, 6) is -0.0795. The number of nitrogens with zero attached hydrogens (tertiary/aromatic N) is 3. The summed E-state index contributed by atoms with van der Waals surface area (Å²) in [6.45, 7) is 4.26. The Bertz CT molecular complexity index is 1080. The first-order valence-electron chi connectivity index (χ1n) is 9.21. The molecule has 1 aliphatic heterocycles. The van der Waals surface area contributed by atoms with Crippen molar-refractivity contribution in [2.24, 2.45) is 0 Å². The van der Waals surface area contributed by atoms with Gasteiger partial charge in [0.2, 0.25) is 0 Å². The maximum atomic E-state index is 13.1. The third kappa shape index (κ3) is 2.89. The number of amides is 1. The van der Waals surface area contributed by atoms with Crippen LogP contribution in [0.2, 0.25) is 0 Å². The molecular formula is C20H23N5O2. The van der Waals surface area contributed by atoms with Crippen LogP contribution in [0.15, 0.2) is 35.1 Å². The predicted octanol–water partition coefficient (Wildman–Crippen LogP) is 2.59. The summed E-state index contributed by atoms with van der Waals surface area (Å²) >= 11 is 0. The Labute approximate surface area is 156 Å². The molecule has 1 amide bonds. The Hall–Kier alpha value is -3.09. The summed E-state index contributed by atoms with van der Waals surface area (Å²) in [7, 11) is 0. The van der Waals surface area contributed by atoms with Crippen LogP contribution in [0.3, 0.4) is 0 Å². The number of aryl methyl sites for hydroxylation is 1. The fraction of sp³-hybridized carbons (Fsp3) is 0.350. The molecule has 1 fully saturated rings. The van der Waals surface area contributed by atoms with E-state index in [0.29, 0.717) is 29.0 Å². The molecule has 7 nitrogen and oxygen atoms in total. The molecular weight excluding hydrogens is 342 g/mol. The number of H-pyrrole nitrogens is 1. The molecule has 27 heavy (non-hydrogen) atoms. The molecule has 0 bridgehead atoms. The second-order valence-corrected chi connectivity index (χ2v) is 7.13. The number of nitrogens with one attached hydrogen (secondary N) is 1. The molecule has 0 aliphatic carbocycles. The van der Waals surface area contributed by atoms with Gasteiger partial charge in [0.25, 0.3) is 11.5 Å². The lowest BCUT2D eigenvalue weighted by Crippen LogP contribution is -2.39. The quantitative estimate of drug-likeness (QED) is 0.682. The molecule has 1 unspecified atom stereocenters. The molecule has 0 saturated carbocycles. The number of hydrogen-bond acceptors (Lipinski definition) is 4. The molecule has 7 heteroatoms. The van der Waals surface area contributed by atoms with Crippen LogP contribution in [0.25, 0.3) is 5.65 Å². The molecule has 4 rings (SSSR count). The van der Waals surface area contributed by atoms with Gasteiger partial charge in [-0.15, -0.1) is 0 Å². The number of likely N-dealkylation sites (tertiary alicyclic amines) is 1. The second kappa shape index (κ2) is 6.57. The van der Waals surface area contributed by atoms with Crippen LogP contribution < -0.4 is 11.3 Å². The van der Waals surface area contributed by atoms with E-state index in [1.165, 1.54) is 4.52 Å². The largest absolute Gasteiger partial charge is 0.398 e. The van der Waals surface area contributed by atoms with Gasteiger partial charge >= 0.3 is 0 Å². The van der Waals surface area contributed by atoms with E-state index in [1.807, 2.05) is 30.0 Å². The molecule has 3 N–H and O–H groups in total. The van der Waals surface area contributed by atoms with Crippen molar-refractivity contribution >= 4 is 17.2 Å². The van der Waals surface area contributed by atoms with Gasteiger partial charge in [0, 0.05) is 29.6 Å². The first-order valence-corrected chi connectivity index (χ1v) is 9.21. The van der Waals surface area contributed by atoms with Crippen molar-refractivity contribution in [3.05, 3.63) is 63.2 Å². The van der Waals surface area contributed by atoms with Crippen molar-refractivity contribution in [1.29, 1.82) is 0 Å². The number of nitrogens with two attached hydrogens (primary N) is 1. The van der Waals surface area contributed by atoms with Crippen molar-refractivity contribution in [2.75, 3.05) is 12.3 Å². The van der Waals surface area contributed by atoms with Gasteiger partial charge in [0.1, 0.15) is 0 Å². The van der Waals surface area contributed by atoms with E-state index in [1.54, 1.807) is 19.1 Å².